The van der Waals surface area contributed by atoms with Crippen molar-refractivity contribution < 1.29 is 13.9 Å². The fraction of sp³-hybridized carbons (Fsp3) is 0.379. The van der Waals surface area contributed by atoms with E-state index in [9.17, 15) is 9.18 Å². The van der Waals surface area contributed by atoms with Gasteiger partial charge in [0.2, 0.25) is 0 Å². The number of nitrogens with zero attached hydrogens (tertiary/aromatic N) is 1. The number of ether oxygens (including phenoxy) is 1. The van der Waals surface area contributed by atoms with Gasteiger partial charge in [0.1, 0.15) is 11.6 Å². The van der Waals surface area contributed by atoms with Crippen LogP contribution in [-0.4, -0.2) is 11.0 Å². The van der Waals surface area contributed by atoms with Crippen LogP contribution in [0.15, 0.2) is 66.9 Å². The Balaban J connectivity index is 1.40. The molecule has 3 nitrogen and oxygen atoms in total. The number of aromatic nitrogens is 1. The van der Waals surface area contributed by atoms with Crippen LogP contribution in [0.1, 0.15) is 79.0 Å². The van der Waals surface area contributed by atoms with Crippen LogP contribution in [0.25, 0.3) is 0 Å². The third kappa shape index (κ3) is 8.80. The molecule has 0 radical (unpaired) electrons. The lowest BCUT2D eigenvalue weighted by molar-refractivity contribution is 0.0734. The molecule has 0 N–H and O–H groups in total. The van der Waals surface area contributed by atoms with Crippen LogP contribution in [0.3, 0.4) is 0 Å². The summed E-state index contributed by atoms with van der Waals surface area (Å²) in [7, 11) is 0. The Bertz CT molecular complexity index is 966. The first kappa shape index (κ1) is 24.6. The second-order valence-corrected chi connectivity index (χ2v) is 8.57. The smallest absolute Gasteiger partial charge is 0.343 e. The van der Waals surface area contributed by atoms with E-state index in [2.05, 4.69) is 11.9 Å². The monoisotopic (exact) mass is 447 g/mol. The molecule has 0 aliphatic rings. The highest BCUT2D eigenvalue weighted by molar-refractivity contribution is 5.91. The SMILES string of the molecule is CCCCCCCCCc1ccc(C(=O)Oc2ccc(CCc3ccc(F)cc3)nc2)cc1. The van der Waals surface area contributed by atoms with Crippen molar-refractivity contribution in [3.63, 3.8) is 0 Å². The van der Waals surface area contributed by atoms with E-state index in [1.165, 1.54) is 62.6 Å². The number of hydrogen-bond donors (Lipinski definition) is 0. The van der Waals surface area contributed by atoms with E-state index in [0.29, 0.717) is 11.3 Å². The van der Waals surface area contributed by atoms with E-state index in [-0.39, 0.29) is 11.8 Å². The fourth-order valence-electron chi connectivity index (χ4n) is 3.80. The molecule has 0 amide bonds. The van der Waals surface area contributed by atoms with Gasteiger partial charge < -0.3 is 4.74 Å². The predicted molar refractivity (Wildman–Crippen MR) is 131 cm³/mol. The fourth-order valence-corrected chi connectivity index (χ4v) is 3.80. The summed E-state index contributed by atoms with van der Waals surface area (Å²) in [6, 6.07) is 17.8. The van der Waals surface area contributed by atoms with Crippen LogP contribution in [0.4, 0.5) is 4.39 Å². The summed E-state index contributed by atoms with van der Waals surface area (Å²) >= 11 is 0. The van der Waals surface area contributed by atoms with Crippen LogP contribution >= 0.6 is 0 Å². The minimum absolute atomic E-state index is 0.231. The van der Waals surface area contributed by atoms with E-state index in [1.807, 2.05) is 30.3 Å². The maximum absolute atomic E-state index is 13.0. The standard InChI is InChI=1S/C29H34FNO2/c1-2-3-4-5-6-7-8-9-23-10-15-25(16-11-23)29(32)33-28-21-20-27(31-22-28)19-14-24-12-17-26(30)18-13-24/h10-13,15-18,20-22H,2-9,14,19H2,1H3. The molecule has 0 fully saturated rings. The number of unbranched alkanes of at least 4 members (excludes halogenated alkanes) is 6. The predicted octanol–water partition coefficient (Wildman–Crippen LogP) is 7.52. The van der Waals surface area contributed by atoms with E-state index < -0.39 is 0 Å². The molecule has 0 aliphatic heterocycles. The van der Waals surface area contributed by atoms with Crippen LogP contribution in [0.2, 0.25) is 0 Å². The van der Waals surface area contributed by atoms with Crippen molar-refractivity contribution in [3.8, 4) is 5.75 Å². The highest BCUT2D eigenvalue weighted by Gasteiger charge is 2.09. The molecule has 2 aromatic carbocycles. The van der Waals surface area contributed by atoms with Crippen molar-refractivity contribution in [1.82, 2.24) is 4.98 Å². The number of rotatable bonds is 13. The van der Waals surface area contributed by atoms with E-state index in [0.717, 1.165) is 30.5 Å². The van der Waals surface area contributed by atoms with Crippen LogP contribution in [0.5, 0.6) is 5.75 Å². The second-order valence-electron chi connectivity index (χ2n) is 8.57. The molecule has 0 unspecified atom stereocenters. The molecule has 0 atom stereocenters. The number of carbonyl (C=O) groups is 1. The van der Waals surface area contributed by atoms with E-state index in [1.54, 1.807) is 24.4 Å². The lowest BCUT2D eigenvalue weighted by Crippen LogP contribution is -2.09. The van der Waals surface area contributed by atoms with Gasteiger partial charge in [-0.25, -0.2) is 9.18 Å². The van der Waals surface area contributed by atoms with Crippen molar-refractivity contribution in [2.24, 2.45) is 0 Å². The van der Waals surface area contributed by atoms with Crippen molar-refractivity contribution in [2.75, 3.05) is 0 Å². The molecule has 0 aliphatic carbocycles. The number of esters is 1. The molecule has 174 valence electrons. The van der Waals surface area contributed by atoms with E-state index in [4.69, 9.17) is 4.74 Å². The molecule has 1 heterocycles. The zero-order valence-electron chi connectivity index (χ0n) is 19.6. The molecular weight excluding hydrogens is 413 g/mol. The normalized spacial score (nSPS) is 10.8. The van der Waals surface area contributed by atoms with Crippen molar-refractivity contribution in [1.29, 1.82) is 0 Å². The van der Waals surface area contributed by atoms with Gasteiger partial charge in [-0.15, -0.1) is 0 Å². The summed E-state index contributed by atoms with van der Waals surface area (Å²) in [6.45, 7) is 2.24. The van der Waals surface area contributed by atoms with Gasteiger partial charge in [0.25, 0.3) is 0 Å². The highest BCUT2D eigenvalue weighted by atomic mass is 19.1. The molecule has 4 heteroatoms. The van der Waals surface area contributed by atoms with Gasteiger partial charge in [-0.3, -0.25) is 4.98 Å². The van der Waals surface area contributed by atoms with E-state index >= 15 is 0 Å². The Hall–Kier alpha value is -3.01. The van der Waals surface area contributed by atoms with Crippen molar-refractivity contribution >= 4 is 5.97 Å². The highest BCUT2D eigenvalue weighted by Crippen LogP contribution is 2.16. The van der Waals surface area contributed by atoms with Crippen LogP contribution in [0, 0.1) is 5.82 Å². The first-order chi connectivity index (χ1) is 16.1. The number of benzene rings is 2. The number of halogens is 1. The Kier molecular flexibility index (Phi) is 10.1. The lowest BCUT2D eigenvalue weighted by atomic mass is 10.0. The van der Waals surface area contributed by atoms with Gasteiger partial charge in [0.15, 0.2) is 0 Å². The Labute approximate surface area is 197 Å². The number of hydrogen-bond acceptors (Lipinski definition) is 3. The molecule has 0 spiro atoms. The summed E-state index contributed by atoms with van der Waals surface area (Å²) in [6.07, 6.45) is 13.2. The average molecular weight is 448 g/mol. The summed E-state index contributed by atoms with van der Waals surface area (Å²) in [5.41, 5.74) is 3.75. The molecule has 1 aromatic heterocycles. The zero-order valence-corrected chi connectivity index (χ0v) is 19.6. The Morgan fingerprint density at radius 1 is 0.758 bits per heavy atom. The van der Waals surface area contributed by atoms with Crippen LogP contribution < -0.4 is 4.74 Å². The molecule has 0 bridgehead atoms. The number of aryl methyl sites for hydroxylation is 3. The third-order valence-electron chi connectivity index (χ3n) is 5.85. The summed E-state index contributed by atoms with van der Waals surface area (Å²) in [5.74, 6) is -0.179. The van der Waals surface area contributed by atoms with Gasteiger partial charge in [0.05, 0.1) is 11.8 Å². The largest absolute Gasteiger partial charge is 0.421 e. The van der Waals surface area contributed by atoms with Crippen LogP contribution in [-0.2, 0) is 19.3 Å². The lowest BCUT2D eigenvalue weighted by Gasteiger charge is -2.07. The third-order valence-corrected chi connectivity index (χ3v) is 5.85. The average Bonchev–Trinajstić information content (AvgIpc) is 2.84. The first-order valence-corrected chi connectivity index (χ1v) is 12.1. The minimum Gasteiger partial charge on any atom is -0.421 e. The second kappa shape index (κ2) is 13.5. The van der Waals surface area contributed by atoms with Crippen molar-refractivity contribution in [3.05, 3.63) is 95.1 Å². The van der Waals surface area contributed by atoms with Gasteiger partial charge in [-0.1, -0.05) is 69.7 Å². The number of pyridine rings is 1. The maximum Gasteiger partial charge on any atom is 0.343 e. The van der Waals surface area contributed by atoms with Gasteiger partial charge >= 0.3 is 5.97 Å². The van der Waals surface area contributed by atoms with Gasteiger partial charge in [-0.05, 0) is 73.2 Å². The summed E-state index contributed by atoms with van der Waals surface area (Å²) < 4.78 is 18.5. The van der Waals surface area contributed by atoms with Gasteiger partial charge in [-0.2, -0.15) is 0 Å². The summed E-state index contributed by atoms with van der Waals surface area (Å²) in [4.78, 5) is 16.8. The Morgan fingerprint density at radius 2 is 1.39 bits per heavy atom. The molecule has 33 heavy (non-hydrogen) atoms. The topological polar surface area (TPSA) is 39.2 Å². The molecule has 3 aromatic rings. The maximum atomic E-state index is 13.0. The number of carbonyl (C=O) groups excluding carboxylic acids is 1. The molecular formula is C29H34FNO2. The quantitative estimate of drug-likeness (QED) is 0.201. The molecule has 3 rings (SSSR count). The van der Waals surface area contributed by atoms with Crippen molar-refractivity contribution in [2.45, 2.75) is 71.1 Å². The zero-order chi connectivity index (χ0) is 23.3. The van der Waals surface area contributed by atoms with Gasteiger partial charge in [0, 0.05) is 5.69 Å². The molecule has 0 saturated heterocycles. The summed E-state index contributed by atoms with van der Waals surface area (Å²) in [5, 5.41) is 0. The minimum atomic E-state index is -0.377. The Morgan fingerprint density at radius 3 is 2.06 bits per heavy atom. The molecule has 0 saturated carbocycles. The first-order valence-electron chi connectivity index (χ1n) is 12.1.